The number of sulfonamides is 1. The van der Waals surface area contributed by atoms with Gasteiger partial charge in [-0.05, 0) is 26.2 Å². The van der Waals surface area contributed by atoms with Gasteiger partial charge in [0.1, 0.15) is 16.9 Å². The van der Waals surface area contributed by atoms with Gasteiger partial charge in [0.05, 0.1) is 12.2 Å². The van der Waals surface area contributed by atoms with Crippen molar-refractivity contribution in [2.24, 2.45) is 0 Å². The minimum absolute atomic E-state index is 0.154. The first-order chi connectivity index (χ1) is 10.1. The molecule has 8 nitrogen and oxygen atoms in total. The zero-order valence-corrected chi connectivity index (χ0v) is 12.5. The van der Waals surface area contributed by atoms with Gasteiger partial charge in [-0.15, -0.1) is 5.10 Å². The number of aryl methyl sites for hydroxylation is 1. The van der Waals surface area contributed by atoms with E-state index in [0.717, 1.165) is 12.8 Å². The topological polar surface area (TPSA) is 94.1 Å². The molecule has 0 bridgehead atoms. The molecule has 0 spiro atoms. The van der Waals surface area contributed by atoms with Gasteiger partial charge in [0, 0.05) is 19.3 Å². The lowest BCUT2D eigenvalue weighted by Crippen LogP contribution is -2.32. The molecular weight excluding hydrogens is 294 g/mol. The van der Waals surface area contributed by atoms with Crippen LogP contribution in [0.2, 0.25) is 0 Å². The summed E-state index contributed by atoms with van der Waals surface area (Å²) in [6.07, 6.45) is 7.04. The third-order valence-electron chi connectivity index (χ3n) is 3.80. The molecule has 1 aliphatic heterocycles. The SMILES string of the molecule is Cc1nocc1S(=O)(=O)N1CCC[C@H](n2ccnn2)CC1. The van der Waals surface area contributed by atoms with E-state index in [4.69, 9.17) is 4.52 Å². The Labute approximate surface area is 122 Å². The molecule has 1 atom stereocenters. The van der Waals surface area contributed by atoms with Gasteiger partial charge in [0.2, 0.25) is 10.0 Å². The summed E-state index contributed by atoms with van der Waals surface area (Å²) in [7, 11) is -3.53. The van der Waals surface area contributed by atoms with Crippen molar-refractivity contribution in [2.45, 2.75) is 37.1 Å². The summed E-state index contributed by atoms with van der Waals surface area (Å²) >= 11 is 0. The van der Waals surface area contributed by atoms with Gasteiger partial charge in [-0.1, -0.05) is 10.4 Å². The minimum Gasteiger partial charge on any atom is -0.363 e. The highest BCUT2D eigenvalue weighted by Gasteiger charge is 2.30. The zero-order chi connectivity index (χ0) is 14.9. The third kappa shape index (κ3) is 2.70. The fraction of sp³-hybridized carbons (Fsp3) is 0.583. The maximum atomic E-state index is 12.6. The monoisotopic (exact) mass is 311 g/mol. The van der Waals surface area contributed by atoms with Gasteiger partial charge in [0.15, 0.2) is 0 Å². The highest BCUT2D eigenvalue weighted by atomic mass is 32.2. The summed E-state index contributed by atoms with van der Waals surface area (Å²) in [6.45, 7) is 2.59. The third-order valence-corrected chi connectivity index (χ3v) is 5.79. The lowest BCUT2D eigenvalue weighted by Gasteiger charge is -2.19. The zero-order valence-electron chi connectivity index (χ0n) is 11.7. The molecule has 114 valence electrons. The van der Waals surface area contributed by atoms with E-state index in [1.807, 2.05) is 6.20 Å². The van der Waals surface area contributed by atoms with Crippen molar-refractivity contribution in [1.82, 2.24) is 24.5 Å². The Balaban J connectivity index is 1.77. The Morgan fingerprint density at radius 1 is 1.33 bits per heavy atom. The predicted molar refractivity (Wildman–Crippen MR) is 72.9 cm³/mol. The van der Waals surface area contributed by atoms with Crippen LogP contribution in [0, 0.1) is 6.92 Å². The first-order valence-electron chi connectivity index (χ1n) is 6.86. The van der Waals surface area contributed by atoms with Gasteiger partial charge in [-0.3, -0.25) is 0 Å². The molecular formula is C12H17N5O3S. The van der Waals surface area contributed by atoms with E-state index in [1.54, 1.807) is 17.8 Å². The van der Waals surface area contributed by atoms with Crippen molar-refractivity contribution >= 4 is 10.0 Å². The number of aromatic nitrogens is 4. The van der Waals surface area contributed by atoms with Crippen LogP contribution in [-0.2, 0) is 10.0 Å². The molecule has 9 heteroatoms. The highest BCUT2D eigenvalue weighted by molar-refractivity contribution is 7.89. The largest absolute Gasteiger partial charge is 0.363 e. The maximum Gasteiger partial charge on any atom is 0.248 e. The molecule has 3 rings (SSSR count). The Morgan fingerprint density at radius 2 is 2.19 bits per heavy atom. The Morgan fingerprint density at radius 3 is 2.86 bits per heavy atom. The smallest absolute Gasteiger partial charge is 0.248 e. The van der Waals surface area contributed by atoms with Crippen molar-refractivity contribution in [2.75, 3.05) is 13.1 Å². The number of rotatable bonds is 3. The van der Waals surface area contributed by atoms with Crippen LogP contribution in [-0.4, -0.2) is 46.0 Å². The quantitative estimate of drug-likeness (QED) is 0.839. The van der Waals surface area contributed by atoms with Crippen LogP contribution in [0.15, 0.2) is 28.1 Å². The van der Waals surface area contributed by atoms with Crippen molar-refractivity contribution in [3.8, 4) is 0 Å². The van der Waals surface area contributed by atoms with E-state index in [9.17, 15) is 8.42 Å². The molecule has 1 saturated heterocycles. The number of hydrogen-bond donors (Lipinski definition) is 0. The Hall–Kier alpha value is -1.74. The molecule has 0 saturated carbocycles. The van der Waals surface area contributed by atoms with Crippen molar-refractivity contribution in [3.63, 3.8) is 0 Å². The van der Waals surface area contributed by atoms with E-state index >= 15 is 0 Å². The predicted octanol–water partition coefficient (Wildman–Crippen LogP) is 0.990. The van der Waals surface area contributed by atoms with Crippen LogP contribution in [0.4, 0.5) is 0 Å². The first kappa shape index (κ1) is 14.2. The Kier molecular flexibility index (Phi) is 3.77. The van der Waals surface area contributed by atoms with Gasteiger partial charge in [-0.2, -0.15) is 4.31 Å². The number of nitrogens with zero attached hydrogens (tertiary/aromatic N) is 5. The van der Waals surface area contributed by atoms with Gasteiger partial charge >= 0.3 is 0 Å². The van der Waals surface area contributed by atoms with E-state index < -0.39 is 10.0 Å². The molecule has 0 aromatic carbocycles. The fourth-order valence-electron chi connectivity index (χ4n) is 2.64. The number of hydrogen-bond acceptors (Lipinski definition) is 6. The van der Waals surface area contributed by atoms with Crippen molar-refractivity contribution in [3.05, 3.63) is 24.4 Å². The molecule has 0 N–H and O–H groups in total. The van der Waals surface area contributed by atoms with Crippen LogP contribution in [0.1, 0.15) is 31.0 Å². The maximum absolute atomic E-state index is 12.6. The first-order valence-corrected chi connectivity index (χ1v) is 8.30. The van der Waals surface area contributed by atoms with Gasteiger partial charge in [0.25, 0.3) is 0 Å². The average molecular weight is 311 g/mol. The summed E-state index contributed by atoms with van der Waals surface area (Å²) in [5, 5.41) is 11.5. The summed E-state index contributed by atoms with van der Waals surface area (Å²) < 4.78 is 33.3. The standard InChI is InChI=1S/C12H17N5O3S/c1-10-12(9-20-14-10)21(18,19)16-6-2-3-11(4-7-16)17-8-5-13-15-17/h5,8-9,11H,2-4,6-7H2,1H3/t11-/m0/s1. The van der Waals surface area contributed by atoms with Crippen LogP contribution < -0.4 is 0 Å². The van der Waals surface area contributed by atoms with Crippen LogP contribution >= 0.6 is 0 Å². The Bertz CT molecular complexity index is 694. The van der Waals surface area contributed by atoms with Crippen molar-refractivity contribution in [1.29, 1.82) is 0 Å². The molecule has 1 aliphatic rings. The van der Waals surface area contributed by atoms with Crippen molar-refractivity contribution < 1.29 is 12.9 Å². The van der Waals surface area contributed by atoms with E-state index in [-0.39, 0.29) is 10.9 Å². The van der Waals surface area contributed by atoms with Gasteiger partial charge < -0.3 is 4.52 Å². The lowest BCUT2D eigenvalue weighted by molar-refractivity contribution is 0.385. The molecule has 21 heavy (non-hydrogen) atoms. The fourth-order valence-corrected chi connectivity index (χ4v) is 4.21. The molecule has 3 heterocycles. The average Bonchev–Trinajstić information content (AvgIpc) is 3.06. The summed E-state index contributed by atoms with van der Waals surface area (Å²) in [4.78, 5) is 0.154. The van der Waals surface area contributed by atoms with E-state index in [1.165, 1.54) is 10.6 Å². The summed E-state index contributed by atoms with van der Waals surface area (Å²) in [5.41, 5.74) is 0.395. The molecule has 2 aromatic heterocycles. The normalized spacial score (nSPS) is 21.3. The van der Waals surface area contributed by atoms with Crippen LogP contribution in [0.3, 0.4) is 0 Å². The second-order valence-electron chi connectivity index (χ2n) is 5.14. The lowest BCUT2D eigenvalue weighted by atomic mass is 10.1. The molecule has 1 fully saturated rings. The minimum atomic E-state index is -3.53. The summed E-state index contributed by atoms with van der Waals surface area (Å²) in [6, 6.07) is 0.191. The molecule has 0 amide bonds. The van der Waals surface area contributed by atoms with Crippen LogP contribution in [0.25, 0.3) is 0 Å². The molecule has 2 aromatic rings. The van der Waals surface area contributed by atoms with Gasteiger partial charge in [-0.25, -0.2) is 13.1 Å². The molecule has 0 radical (unpaired) electrons. The highest BCUT2D eigenvalue weighted by Crippen LogP contribution is 2.26. The van der Waals surface area contributed by atoms with E-state index in [0.29, 0.717) is 25.2 Å². The summed E-state index contributed by atoms with van der Waals surface area (Å²) in [5.74, 6) is 0. The second kappa shape index (κ2) is 5.57. The van der Waals surface area contributed by atoms with Crippen LogP contribution in [0.5, 0.6) is 0 Å². The molecule has 0 aliphatic carbocycles. The second-order valence-corrected chi connectivity index (χ2v) is 7.04. The molecule has 0 unspecified atom stereocenters. The van der Waals surface area contributed by atoms with E-state index in [2.05, 4.69) is 15.5 Å².